The summed E-state index contributed by atoms with van der Waals surface area (Å²) in [7, 11) is 0. The van der Waals surface area contributed by atoms with Gasteiger partial charge < -0.3 is 0 Å². The standard InChI is InChI=1S/C10H6Cl2FN/c1-5-4-7(12)9-6(11)2-3-8(13)10(9)14-5/h2-4H,1H3. The number of nitrogens with zero attached hydrogens (tertiary/aromatic N) is 1. The number of halogens is 3. The van der Waals surface area contributed by atoms with Crippen molar-refractivity contribution in [1.29, 1.82) is 0 Å². The molecule has 0 radical (unpaired) electrons. The number of aromatic nitrogens is 1. The molecule has 2 aromatic rings. The number of hydrogen-bond donors (Lipinski definition) is 0. The first-order chi connectivity index (χ1) is 6.59. The van der Waals surface area contributed by atoms with Gasteiger partial charge in [0, 0.05) is 11.1 Å². The molecule has 0 N–H and O–H groups in total. The smallest absolute Gasteiger partial charge is 0.149 e. The van der Waals surface area contributed by atoms with E-state index in [2.05, 4.69) is 4.98 Å². The van der Waals surface area contributed by atoms with Gasteiger partial charge in [-0.3, -0.25) is 0 Å². The predicted molar refractivity (Wildman–Crippen MR) is 56.5 cm³/mol. The van der Waals surface area contributed by atoms with Crippen molar-refractivity contribution in [2.24, 2.45) is 0 Å². The summed E-state index contributed by atoms with van der Waals surface area (Å²) in [5.41, 5.74) is 0.895. The van der Waals surface area contributed by atoms with E-state index in [0.29, 0.717) is 21.1 Å². The summed E-state index contributed by atoms with van der Waals surface area (Å²) in [6.07, 6.45) is 0. The Morgan fingerprint density at radius 1 is 1.21 bits per heavy atom. The number of hydrogen-bond acceptors (Lipinski definition) is 1. The molecule has 1 aromatic heterocycles. The quantitative estimate of drug-likeness (QED) is 0.666. The summed E-state index contributed by atoms with van der Waals surface area (Å²) in [5, 5.41) is 1.31. The Hall–Kier alpha value is -0.860. The average Bonchev–Trinajstić information content (AvgIpc) is 2.10. The van der Waals surface area contributed by atoms with Crippen LogP contribution in [0.1, 0.15) is 5.69 Å². The van der Waals surface area contributed by atoms with Crippen molar-refractivity contribution in [2.45, 2.75) is 6.92 Å². The Morgan fingerprint density at radius 3 is 2.64 bits per heavy atom. The van der Waals surface area contributed by atoms with E-state index in [0.717, 1.165) is 0 Å². The molecule has 0 aliphatic rings. The summed E-state index contributed by atoms with van der Waals surface area (Å²) in [5.74, 6) is -0.407. The highest BCUT2D eigenvalue weighted by Crippen LogP contribution is 2.31. The van der Waals surface area contributed by atoms with Gasteiger partial charge in [-0.05, 0) is 25.1 Å². The molecular formula is C10H6Cl2FN. The zero-order valence-electron chi connectivity index (χ0n) is 7.31. The summed E-state index contributed by atoms with van der Waals surface area (Å²) >= 11 is 11.8. The van der Waals surface area contributed by atoms with Crippen LogP contribution in [0.5, 0.6) is 0 Å². The van der Waals surface area contributed by atoms with Gasteiger partial charge in [-0.1, -0.05) is 23.2 Å². The van der Waals surface area contributed by atoms with E-state index in [-0.39, 0.29) is 5.52 Å². The first-order valence-corrected chi connectivity index (χ1v) is 4.76. The Balaban J connectivity index is 3.00. The molecule has 1 heterocycles. The van der Waals surface area contributed by atoms with Crippen LogP contribution in [0.25, 0.3) is 10.9 Å². The molecule has 0 unspecified atom stereocenters. The van der Waals surface area contributed by atoms with Crippen LogP contribution in [-0.4, -0.2) is 4.98 Å². The molecule has 4 heteroatoms. The third-order valence-electron chi connectivity index (χ3n) is 1.94. The van der Waals surface area contributed by atoms with Crippen LogP contribution in [0.4, 0.5) is 4.39 Å². The molecule has 1 nitrogen and oxygen atoms in total. The maximum atomic E-state index is 13.3. The minimum atomic E-state index is -0.407. The van der Waals surface area contributed by atoms with Crippen molar-refractivity contribution in [3.8, 4) is 0 Å². The van der Waals surface area contributed by atoms with E-state index in [1.807, 2.05) is 0 Å². The lowest BCUT2D eigenvalue weighted by Gasteiger charge is -2.04. The molecular weight excluding hydrogens is 224 g/mol. The fraction of sp³-hybridized carbons (Fsp3) is 0.100. The third-order valence-corrected chi connectivity index (χ3v) is 2.55. The average molecular weight is 230 g/mol. The van der Waals surface area contributed by atoms with Crippen molar-refractivity contribution < 1.29 is 4.39 Å². The van der Waals surface area contributed by atoms with Gasteiger partial charge in [-0.15, -0.1) is 0 Å². The zero-order valence-corrected chi connectivity index (χ0v) is 8.83. The molecule has 2 rings (SSSR count). The van der Waals surface area contributed by atoms with Gasteiger partial charge in [-0.25, -0.2) is 9.37 Å². The van der Waals surface area contributed by atoms with Crippen molar-refractivity contribution in [3.05, 3.63) is 39.8 Å². The number of aryl methyl sites for hydroxylation is 1. The first-order valence-electron chi connectivity index (χ1n) is 4.00. The topological polar surface area (TPSA) is 12.9 Å². The van der Waals surface area contributed by atoms with Gasteiger partial charge in [-0.2, -0.15) is 0 Å². The first kappa shape index (κ1) is 9.69. The van der Waals surface area contributed by atoms with Crippen molar-refractivity contribution in [3.63, 3.8) is 0 Å². The highest BCUT2D eigenvalue weighted by molar-refractivity contribution is 6.42. The van der Waals surface area contributed by atoms with Gasteiger partial charge in [0.25, 0.3) is 0 Å². The lowest BCUT2D eigenvalue weighted by Crippen LogP contribution is -1.89. The fourth-order valence-electron chi connectivity index (χ4n) is 1.34. The molecule has 0 amide bonds. The van der Waals surface area contributed by atoms with Crippen LogP contribution in [0.15, 0.2) is 18.2 Å². The Kier molecular flexibility index (Phi) is 2.33. The Bertz CT molecular complexity index is 511. The molecule has 1 aromatic carbocycles. The summed E-state index contributed by atoms with van der Waals surface area (Å²) in [6, 6.07) is 4.42. The summed E-state index contributed by atoms with van der Waals surface area (Å²) in [6.45, 7) is 1.76. The Labute approximate surface area is 90.5 Å². The van der Waals surface area contributed by atoms with E-state index < -0.39 is 5.82 Å². The minimum Gasteiger partial charge on any atom is -0.250 e. The number of benzene rings is 1. The van der Waals surface area contributed by atoms with Crippen molar-refractivity contribution in [1.82, 2.24) is 4.98 Å². The van der Waals surface area contributed by atoms with Crippen molar-refractivity contribution in [2.75, 3.05) is 0 Å². The lowest BCUT2D eigenvalue weighted by molar-refractivity contribution is 0.636. The van der Waals surface area contributed by atoms with E-state index in [9.17, 15) is 4.39 Å². The van der Waals surface area contributed by atoms with Crippen LogP contribution in [0.3, 0.4) is 0 Å². The molecule has 0 aliphatic heterocycles. The molecule has 0 atom stereocenters. The maximum Gasteiger partial charge on any atom is 0.149 e. The third kappa shape index (κ3) is 1.45. The summed E-state index contributed by atoms with van der Waals surface area (Å²) in [4.78, 5) is 4.05. The highest BCUT2D eigenvalue weighted by Gasteiger charge is 2.10. The molecule has 72 valence electrons. The normalized spacial score (nSPS) is 10.9. The van der Waals surface area contributed by atoms with Gasteiger partial charge in [0.05, 0.1) is 10.0 Å². The van der Waals surface area contributed by atoms with E-state index >= 15 is 0 Å². The molecule has 0 fully saturated rings. The minimum absolute atomic E-state index is 0.225. The Morgan fingerprint density at radius 2 is 1.93 bits per heavy atom. The molecule has 14 heavy (non-hydrogen) atoms. The molecule has 0 aliphatic carbocycles. The van der Waals surface area contributed by atoms with E-state index in [1.54, 1.807) is 13.0 Å². The van der Waals surface area contributed by atoms with Gasteiger partial charge in [0.15, 0.2) is 0 Å². The highest BCUT2D eigenvalue weighted by atomic mass is 35.5. The van der Waals surface area contributed by atoms with E-state index in [1.165, 1.54) is 12.1 Å². The van der Waals surface area contributed by atoms with Gasteiger partial charge in [0.2, 0.25) is 0 Å². The van der Waals surface area contributed by atoms with Crippen LogP contribution in [0, 0.1) is 12.7 Å². The lowest BCUT2D eigenvalue weighted by atomic mass is 10.2. The van der Waals surface area contributed by atoms with Crippen LogP contribution >= 0.6 is 23.2 Å². The van der Waals surface area contributed by atoms with Crippen LogP contribution in [-0.2, 0) is 0 Å². The second kappa shape index (κ2) is 3.37. The molecule has 0 spiro atoms. The summed E-state index contributed by atoms with van der Waals surface area (Å²) < 4.78 is 13.3. The number of rotatable bonds is 0. The zero-order chi connectivity index (χ0) is 10.3. The molecule has 0 bridgehead atoms. The maximum absolute atomic E-state index is 13.3. The van der Waals surface area contributed by atoms with Gasteiger partial charge in [0.1, 0.15) is 11.3 Å². The number of fused-ring (bicyclic) bond motifs is 1. The number of pyridine rings is 1. The van der Waals surface area contributed by atoms with E-state index in [4.69, 9.17) is 23.2 Å². The van der Waals surface area contributed by atoms with Crippen LogP contribution < -0.4 is 0 Å². The largest absolute Gasteiger partial charge is 0.250 e. The van der Waals surface area contributed by atoms with Gasteiger partial charge >= 0.3 is 0 Å². The molecule has 0 saturated carbocycles. The SMILES string of the molecule is Cc1cc(Cl)c2c(Cl)ccc(F)c2n1. The molecule has 0 saturated heterocycles. The second-order valence-electron chi connectivity index (χ2n) is 3.00. The fourth-order valence-corrected chi connectivity index (χ4v) is 1.99. The van der Waals surface area contributed by atoms with Crippen LogP contribution in [0.2, 0.25) is 10.0 Å². The monoisotopic (exact) mass is 229 g/mol. The van der Waals surface area contributed by atoms with Crippen molar-refractivity contribution >= 4 is 34.1 Å². The predicted octanol–water partition coefficient (Wildman–Crippen LogP) is 3.99. The second-order valence-corrected chi connectivity index (χ2v) is 3.81.